The van der Waals surface area contributed by atoms with Crippen LogP contribution >= 0.6 is 0 Å². The van der Waals surface area contributed by atoms with Crippen molar-refractivity contribution in [2.75, 3.05) is 6.54 Å². The van der Waals surface area contributed by atoms with Crippen molar-refractivity contribution in [3.63, 3.8) is 0 Å². The predicted molar refractivity (Wildman–Crippen MR) is 71.6 cm³/mol. The van der Waals surface area contributed by atoms with Crippen LogP contribution in [0.1, 0.15) is 59.3 Å². The Morgan fingerprint density at radius 1 is 1.35 bits per heavy atom. The van der Waals surface area contributed by atoms with Crippen LogP contribution in [0.15, 0.2) is 0 Å². The Morgan fingerprint density at radius 3 is 2.47 bits per heavy atom. The normalized spacial score (nSPS) is 22.8. The lowest BCUT2D eigenvalue weighted by Gasteiger charge is -2.34. The fourth-order valence-electron chi connectivity index (χ4n) is 2.51. The van der Waals surface area contributed by atoms with E-state index in [1.54, 1.807) is 0 Å². The molecule has 3 nitrogen and oxygen atoms in total. The summed E-state index contributed by atoms with van der Waals surface area (Å²) in [7, 11) is 0. The van der Waals surface area contributed by atoms with Gasteiger partial charge in [0.25, 0.3) is 0 Å². The molecule has 0 aromatic carbocycles. The first-order chi connectivity index (χ1) is 7.98. The lowest BCUT2D eigenvalue weighted by molar-refractivity contribution is -0.124. The van der Waals surface area contributed by atoms with Crippen LogP contribution in [0, 0.1) is 11.3 Å². The van der Waals surface area contributed by atoms with Crippen molar-refractivity contribution in [3.05, 3.63) is 0 Å². The first kappa shape index (κ1) is 14.5. The Morgan fingerprint density at radius 2 is 1.94 bits per heavy atom. The van der Waals surface area contributed by atoms with Gasteiger partial charge >= 0.3 is 0 Å². The molecule has 1 aliphatic rings. The highest BCUT2D eigenvalue weighted by Crippen LogP contribution is 2.34. The van der Waals surface area contributed by atoms with Crippen LogP contribution in [-0.2, 0) is 4.79 Å². The van der Waals surface area contributed by atoms with Crippen molar-refractivity contribution >= 4 is 5.91 Å². The average molecular weight is 240 g/mol. The third-order valence-electron chi connectivity index (χ3n) is 4.31. The molecule has 0 heterocycles. The maximum absolute atomic E-state index is 11.9. The third kappa shape index (κ3) is 4.30. The van der Waals surface area contributed by atoms with Crippen molar-refractivity contribution in [1.29, 1.82) is 0 Å². The van der Waals surface area contributed by atoms with Crippen LogP contribution in [0.3, 0.4) is 0 Å². The highest BCUT2D eigenvalue weighted by molar-refractivity contribution is 5.81. The smallest absolute Gasteiger partial charge is 0.237 e. The van der Waals surface area contributed by atoms with Crippen LogP contribution < -0.4 is 11.1 Å². The largest absolute Gasteiger partial charge is 0.354 e. The predicted octanol–water partition coefficient (Wildman–Crippen LogP) is 2.45. The fourth-order valence-corrected chi connectivity index (χ4v) is 2.51. The summed E-state index contributed by atoms with van der Waals surface area (Å²) in [6, 6.07) is -0.354. The Hall–Kier alpha value is -0.570. The molecule has 0 aromatic rings. The van der Waals surface area contributed by atoms with Crippen molar-refractivity contribution in [1.82, 2.24) is 5.32 Å². The zero-order valence-corrected chi connectivity index (χ0v) is 11.6. The zero-order valence-electron chi connectivity index (χ0n) is 11.6. The second kappa shape index (κ2) is 6.39. The first-order valence-electron chi connectivity index (χ1n) is 7.02. The van der Waals surface area contributed by atoms with Gasteiger partial charge in [-0.3, -0.25) is 4.79 Å². The molecule has 0 saturated heterocycles. The molecule has 0 aromatic heterocycles. The highest BCUT2D eigenvalue weighted by atomic mass is 16.2. The maximum atomic E-state index is 11.9. The van der Waals surface area contributed by atoms with Crippen LogP contribution in [0.25, 0.3) is 0 Å². The second-order valence-corrected chi connectivity index (χ2v) is 6.00. The van der Waals surface area contributed by atoms with Crippen LogP contribution in [0.2, 0.25) is 0 Å². The van der Waals surface area contributed by atoms with E-state index in [-0.39, 0.29) is 17.9 Å². The number of rotatable bonds is 5. The zero-order chi connectivity index (χ0) is 12.9. The summed E-state index contributed by atoms with van der Waals surface area (Å²) in [5, 5.41) is 3.04. The van der Waals surface area contributed by atoms with E-state index >= 15 is 0 Å². The number of amides is 1. The number of hydrogen-bond donors (Lipinski definition) is 2. The van der Waals surface area contributed by atoms with Gasteiger partial charge < -0.3 is 11.1 Å². The SMILES string of the molecule is CC[C@H](C)[C@H](N)C(=O)NCC1(C)CCCCC1. The second-order valence-electron chi connectivity index (χ2n) is 6.00. The summed E-state index contributed by atoms with van der Waals surface area (Å²) >= 11 is 0. The fraction of sp³-hybridized carbons (Fsp3) is 0.929. The summed E-state index contributed by atoms with van der Waals surface area (Å²) < 4.78 is 0. The Labute approximate surface area is 106 Å². The van der Waals surface area contributed by atoms with Gasteiger partial charge in [0.15, 0.2) is 0 Å². The number of nitrogens with two attached hydrogens (primary N) is 1. The summed E-state index contributed by atoms with van der Waals surface area (Å²) in [5.41, 5.74) is 6.21. The molecule has 0 spiro atoms. The lowest BCUT2D eigenvalue weighted by atomic mass is 9.75. The van der Waals surface area contributed by atoms with Crippen molar-refractivity contribution in [2.24, 2.45) is 17.1 Å². The monoisotopic (exact) mass is 240 g/mol. The number of carbonyl (C=O) groups excluding carboxylic acids is 1. The van der Waals surface area contributed by atoms with E-state index in [0.29, 0.717) is 5.41 Å². The quantitative estimate of drug-likeness (QED) is 0.775. The minimum absolute atomic E-state index is 0.0196. The molecule has 100 valence electrons. The molecule has 3 N–H and O–H groups in total. The molecular weight excluding hydrogens is 212 g/mol. The van der Waals surface area contributed by atoms with E-state index in [1.807, 2.05) is 6.92 Å². The molecule has 1 saturated carbocycles. The maximum Gasteiger partial charge on any atom is 0.237 e. The van der Waals surface area contributed by atoms with Gasteiger partial charge in [-0.25, -0.2) is 0 Å². The molecule has 1 rings (SSSR count). The van der Waals surface area contributed by atoms with Gasteiger partial charge in [0.05, 0.1) is 6.04 Å². The molecule has 2 atom stereocenters. The summed E-state index contributed by atoms with van der Waals surface area (Å²) in [5.74, 6) is 0.278. The minimum atomic E-state index is -0.354. The molecular formula is C14H28N2O. The molecule has 1 fully saturated rings. The standard InChI is InChI=1S/C14H28N2O/c1-4-11(2)12(15)13(17)16-10-14(3)8-6-5-7-9-14/h11-12H,4-10,15H2,1-3H3,(H,16,17)/t11-,12-/m0/s1. The van der Waals surface area contributed by atoms with Gasteiger partial charge in [-0.2, -0.15) is 0 Å². The first-order valence-corrected chi connectivity index (χ1v) is 7.02. The van der Waals surface area contributed by atoms with Gasteiger partial charge in [0, 0.05) is 6.54 Å². The molecule has 3 heteroatoms. The molecule has 0 unspecified atom stereocenters. The topological polar surface area (TPSA) is 55.1 Å². The van der Waals surface area contributed by atoms with Gasteiger partial charge in [0.1, 0.15) is 0 Å². The van der Waals surface area contributed by atoms with Crippen LogP contribution in [-0.4, -0.2) is 18.5 Å². The van der Waals surface area contributed by atoms with Gasteiger partial charge in [-0.05, 0) is 24.2 Å². The van der Waals surface area contributed by atoms with Gasteiger partial charge in [-0.15, -0.1) is 0 Å². The van der Waals surface area contributed by atoms with Gasteiger partial charge in [-0.1, -0.05) is 46.5 Å². The molecule has 1 amide bonds. The average Bonchev–Trinajstić information content (AvgIpc) is 2.35. The van der Waals surface area contributed by atoms with Crippen molar-refractivity contribution < 1.29 is 4.79 Å². The number of hydrogen-bond acceptors (Lipinski definition) is 2. The summed E-state index contributed by atoms with van der Waals surface area (Å²) in [6.07, 6.45) is 7.34. The van der Waals surface area contributed by atoms with Crippen LogP contribution in [0.4, 0.5) is 0 Å². The van der Waals surface area contributed by atoms with Gasteiger partial charge in [0.2, 0.25) is 5.91 Å². The van der Waals surface area contributed by atoms with E-state index in [2.05, 4.69) is 19.2 Å². The summed E-state index contributed by atoms with van der Waals surface area (Å²) in [6.45, 7) is 7.17. The van der Waals surface area contributed by atoms with E-state index in [4.69, 9.17) is 5.73 Å². The Balaban J connectivity index is 2.36. The van der Waals surface area contributed by atoms with Crippen molar-refractivity contribution in [2.45, 2.75) is 65.3 Å². The molecule has 1 aliphatic carbocycles. The molecule has 0 aliphatic heterocycles. The van der Waals surface area contributed by atoms with Crippen LogP contribution in [0.5, 0.6) is 0 Å². The number of nitrogens with one attached hydrogen (secondary N) is 1. The van der Waals surface area contributed by atoms with E-state index in [0.717, 1.165) is 13.0 Å². The van der Waals surface area contributed by atoms with E-state index in [1.165, 1.54) is 32.1 Å². The van der Waals surface area contributed by atoms with Crippen molar-refractivity contribution in [3.8, 4) is 0 Å². The minimum Gasteiger partial charge on any atom is -0.354 e. The third-order valence-corrected chi connectivity index (χ3v) is 4.31. The number of carbonyl (C=O) groups is 1. The lowest BCUT2D eigenvalue weighted by Crippen LogP contribution is -2.47. The molecule has 0 radical (unpaired) electrons. The Kier molecular flexibility index (Phi) is 5.44. The highest BCUT2D eigenvalue weighted by Gasteiger charge is 2.28. The van der Waals surface area contributed by atoms with E-state index < -0.39 is 0 Å². The molecule has 0 bridgehead atoms. The Bertz CT molecular complexity index is 247. The van der Waals surface area contributed by atoms with E-state index in [9.17, 15) is 4.79 Å². The molecule has 17 heavy (non-hydrogen) atoms. The summed E-state index contributed by atoms with van der Waals surface area (Å²) in [4.78, 5) is 11.9.